The molecule has 16 heavy (non-hydrogen) atoms. The van der Waals surface area contributed by atoms with Crippen LogP contribution in [0.2, 0.25) is 0 Å². The molecule has 5 nitrogen and oxygen atoms in total. The first-order valence-electron chi connectivity index (χ1n) is 4.28. The molecule has 8 heteroatoms. The topological polar surface area (TPSA) is 64.8 Å². The van der Waals surface area contributed by atoms with Crippen molar-refractivity contribution in [2.75, 3.05) is 0 Å². The zero-order chi connectivity index (χ0) is 11.9. The largest absolute Gasteiger partial charge is 0.300 e. The summed E-state index contributed by atoms with van der Waals surface area (Å²) in [6, 6.07) is 0. The molecule has 0 spiro atoms. The maximum Gasteiger partial charge on any atom is 0.296 e. The molecular formula is C8H8ClN3O2S2. The van der Waals surface area contributed by atoms with Crippen LogP contribution < -0.4 is 0 Å². The van der Waals surface area contributed by atoms with Gasteiger partial charge in [-0.25, -0.2) is 8.42 Å². The Morgan fingerprint density at radius 1 is 1.38 bits per heavy atom. The molecule has 0 atom stereocenters. The summed E-state index contributed by atoms with van der Waals surface area (Å²) in [5.74, 6) is 0.498. The minimum atomic E-state index is -3.85. The second-order valence-corrected chi connectivity index (χ2v) is 6.47. The van der Waals surface area contributed by atoms with Crippen molar-refractivity contribution >= 4 is 31.1 Å². The van der Waals surface area contributed by atoms with Crippen LogP contribution in [0.1, 0.15) is 5.56 Å². The molecule has 0 aliphatic heterocycles. The summed E-state index contributed by atoms with van der Waals surface area (Å²) >= 11 is 1.52. The number of rotatable bonds is 2. The predicted molar refractivity (Wildman–Crippen MR) is 62.1 cm³/mol. The van der Waals surface area contributed by atoms with Gasteiger partial charge in [0.15, 0.2) is 5.82 Å². The molecule has 0 aromatic carbocycles. The van der Waals surface area contributed by atoms with Gasteiger partial charge in [-0.3, -0.25) is 4.57 Å². The van der Waals surface area contributed by atoms with E-state index in [2.05, 4.69) is 10.2 Å². The lowest BCUT2D eigenvalue weighted by molar-refractivity contribution is 0.593. The van der Waals surface area contributed by atoms with Gasteiger partial charge in [0.1, 0.15) is 0 Å². The summed E-state index contributed by atoms with van der Waals surface area (Å²) in [5.41, 5.74) is 1.89. The van der Waals surface area contributed by atoms with Crippen molar-refractivity contribution < 1.29 is 8.42 Å². The maximum absolute atomic E-state index is 11.2. The lowest BCUT2D eigenvalue weighted by Gasteiger charge is -2.00. The summed E-state index contributed by atoms with van der Waals surface area (Å²) in [6.45, 7) is 1.93. The summed E-state index contributed by atoms with van der Waals surface area (Å²) in [5, 5.41) is 11.0. The highest BCUT2D eigenvalue weighted by molar-refractivity contribution is 8.13. The number of aromatic nitrogens is 3. The monoisotopic (exact) mass is 277 g/mol. The summed E-state index contributed by atoms with van der Waals surface area (Å²) < 4.78 is 23.7. The SMILES string of the molecule is Cc1cscc1-c1nnc(S(=O)(=O)Cl)n1C. The van der Waals surface area contributed by atoms with E-state index in [0.717, 1.165) is 11.1 Å². The third-order valence-corrected chi connectivity index (χ3v) is 4.22. The molecule has 0 unspecified atom stereocenters. The third-order valence-electron chi connectivity index (χ3n) is 2.15. The number of hydrogen-bond donors (Lipinski definition) is 0. The molecule has 0 saturated heterocycles. The van der Waals surface area contributed by atoms with Gasteiger partial charge in [0.2, 0.25) is 0 Å². The minimum absolute atomic E-state index is 0.241. The number of aryl methyl sites for hydroxylation is 1. The van der Waals surface area contributed by atoms with Crippen LogP contribution in [0.15, 0.2) is 15.9 Å². The van der Waals surface area contributed by atoms with Gasteiger partial charge in [-0.05, 0) is 17.9 Å². The summed E-state index contributed by atoms with van der Waals surface area (Å²) in [7, 11) is 2.95. The average molecular weight is 278 g/mol. The molecule has 0 aliphatic rings. The van der Waals surface area contributed by atoms with E-state index in [1.54, 1.807) is 7.05 Å². The van der Waals surface area contributed by atoms with E-state index in [1.165, 1.54) is 15.9 Å². The van der Waals surface area contributed by atoms with E-state index in [4.69, 9.17) is 10.7 Å². The Morgan fingerprint density at radius 3 is 2.50 bits per heavy atom. The maximum atomic E-state index is 11.2. The summed E-state index contributed by atoms with van der Waals surface area (Å²) in [6.07, 6.45) is 0. The zero-order valence-corrected chi connectivity index (χ0v) is 10.9. The molecule has 0 fully saturated rings. The fraction of sp³-hybridized carbons (Fsp3) is 0.250. The van der Waals surface area contributed by atoms with Crippen LogP contribution in [-0.2, 0) is 16.1 Å². The molecule has 86 valence electrons. The van der Waals surface area contributed by atoms with E-state index in [9.17, 15) is 8.42 Å². The molecule has 0 saturated carbocycles. The highest BCUT2D eigenvalue weighted by atomic mass is 35.7. The zero-order valence-electron chi connectivity index (χ0n) is 8.51. The van der Waals surface area contributed by atoms with Gasteiger partial charge in [0.25, 0.3) is 14.2 Å². The van der Waals surface area contributed by atoms with Crippen LogP contribution in [0.3, 0.4) is 0 Å². The normalized spacial score (nSPS) is 11.9. The van der Waals surface area contributed by atoms with Gasteiger partial charge in [-0.15, -0.1) is 10.2 Å². The lowest BCUT2D eigenvalue weighted by atomic mass is 10.2. The van der Waals surface area contributed by atoms with Crippen LogP contribution in [0.5, 0.6) is 0 Å². The van der Waals surface area contributed by atoms with E-state index in [0.29, 0.717) is 5.82 Å². The van der Waals surface area contributed by atoms with E-state index >= 15 is 0 Å². The van der Waals surface area contributed by atoms with Crippen LogP contribution >= 0.6 is 22.0 Å². The van der Waals surface area contributed by atoms with Gasteiger partial charge in [-0.1, -0.05) is 0 Å². The number of hydrogen-bond acceptors (Lipinski definition) is 5. The number of halogens is 1. The second kappa shape index (κ2) is 3.83. The first-order valence-corrected chi connectivity index (χ1v) is 7.53. The molecule has 0 amide bonds. The van der Waals surface area contributed by atoms with E-state index < -0.39 is 9.05 Å². The molecule has 2 heterocycles. The van der Waals surface area contributed by atoms with Crippen LogP contribution in [-0.4, -0.2) is 23.2 Å². The standard InChI is InChI=1S/C8H8ClN3O2S2/c1-5-3-15-4-6(5)7-10-11-8(12(7)2)16(9,13)14/h3-4H,1-2H3. The minimum Gasteiger partial charge on any atom is -0.300 e. The highest BCUT2D eigenvalue weighted by Crippen LogP contribution is 2.26. The second-order valence-electron chi connectivity index (χ2n) is 3.27. The molecule has 0 bridgehead atoms. The highest BCUT2D eigenvalue weighted by Gasteiger charge is 2.21. The smallest absolute Gasteiger partial charge is 0.296 e. The number of thiophene rings is 1. The van der Waals surface area contributed by atoms with Crippen molar-refractivity contribution in [3.8, 4) is 11.4 Å². The fourth-order valence-electron chi connectivity index (χ4n) is 1.35. The number of nitrogens with zero attached hydrogens (tertiary/aromatic N) is 3. The fourth-order valence-corrected chi connectivity index (χ4v) is 3.13. The van der Waals surface area contributed by atoms with Gasteiger partial charge in [-0.2, -0.15) is 11.3 Å². The van der Waals surface area contributed by atoms with Gasteiger partial charge in [0, 0.05) is 28.7 Å². The van der Waals surface area contributed by atoms with Gasteiger partial charge in [0.05, 0.1) is 0 Å². The van der Waals surface area contributed by atoms with E-state index in [1.807, 2.05) is 17.7 Å². The molecule has 2 aromatic rings. The molecule has 0 aliphatic carbocycles. The van der Waals surface area contributed by atoms with E-state index in [-0.39, 0.29) is 5.16 Å². The van der Waals surface area contributed by atoms with Crippen molar-refractivity contribution in [1.29, 1.82) is 0 Å². The van der Waals surface area contributed by atoms with Crippen molar-refractivity contribution in [3.05, 3.63) is 16.3 Å². The Morgan fingerprint density at radius 2 is 2.06 bits per heavy atom. The van der Waals surface area contributed by atoms with Crippen molar-refractivity contribution in [3.63, 3.8) is 0 Å². The van der Waals surface area contributed by atoms with Crippen molar-refractivity contribution in [1.82, 2.24) is 14.8 Å². The molecular weight excluding hydrogens is 270 g/mol. The average Bonchev–Trinajstić information content (AvgIpc) is 2.70. The van der Waals surface area contributed by atoms with Crippen LogP contribution in [0.25, 0.3) is 11.4 Å². The molecule has 2 aromatic heterocycles. The molecule has 0 N–H and O–H groups in total. The quantitative estimate of drug-likeness (QED) is 0.785. The molecule has 2 rings (SSSR count). The van der Waals surface area contributed by atoms with Crippen LogP contribution in [0.4, 0.5) is 0 Å². The van der Waals surface area contributed by atoms with Gasteiger partial charge < -0.3 is 0 Å². The van der Waals surface area contributed by atoms with Crippen molar-refractivity contribution in [2.45, 2.75) is 12.1 Å². The summed E-state index contributed by atoms with van der Waals surface area (Å²) in [4.78, 5) is 0. The Bertz CT molecular complexity index is 630. The molecule has 0 radical (unpaired) electrons. The Kier molecular flexibility index (Phi) is 2.77. The Labute approximate surface area is 101 Å². The Balaban J connectivity index is 2.63. The van der Waals surface area contributed by atoms with Gasteiger partial charge >= 0.3 is 0 Å². The predicted octanol–water partition coefficient (Wildman–Crippen LogP) is 1.78. The third kappa shape index (κ3) is 1.85. The van der Waals surface area contributed by atoms with Crippen LogP contribution in [0, 0.1) is 6.92 Å². The Hall–Kier alpha value is -0.920. The van der Waals surface area contributed by atoms with Crippen molar-refractivity contribution in [2.24, 2.45) is 7.05 Å². The lowest BCUT2D eigenvalue weighted by Crippen LogP contribution is -2.02. The first kappa shape index (κ1) is 11.6. The first-order chi connectivity index (χ1) is 7.41.